The maximum Gasteiger partial charge on any atom is 0.273 e. The number of nitrogens with two attached hydrogens (primary N) is 1. The molecule has 1 amide bonds. The molecule has 1 atom stereocenters. The standard InChI is InChI=1S/C18H26N4O3/c1-12(2)10-18(3,11-19)20-15(23)8-9-22-17(25)14-7-5-4-6-13(14)16(24)21-22/h4-7,12H,8-11,19H2,1-3H3,(H,20,23)(H,21,24). The van der Waals surface area contributed by atoms with Crippen LogP contribution in [0.5, 0.6) is 0 Å². The predicted molar refractivity (Wildman–Crippen MR) is 98.5 cm³/mol. The van der Waals surface area contributed by atoms with Gasteiger partial charge in [0.1, 0.15) is 0 Å². The summed E-state index contributed by atoms with van der Waals surface area (Å²) in [5.41, 5.74) is 4.66. The van der Waals surface area contributed by atoms with Gasteiger partial charge >= 0.3 is 0 Å². The van der Waals surface area contributed by atoms with Crippen molar-refractivity contribution in [1.82, 2.24) is 15.1 Å². The van der Waals surface area contributed by atoms with E-state index in [4.69, 9.17) is 5.73 Å². The summed E-state index contributed by atoms with van der Waals surface area (Å²) in [5, 5.41) is 6.17. The molecule has 7 heteroatoms. The van der Waals surface area contributed by atoms with Crippen LogP contribution in [0.15, 0.2) is 33.9 Å². The van der Waals surface area contributed by atoms with E-state index in [-0.39, 0.29) is 30.0 Å². The lowest BCUT2D eigenvalue weighted by molar-refractivity contribution is -0.123. The molecule has 0 bridgehead atoms. The van der Waals surface area contributed by atoms with Crippen LogP contribution in [0.4, 0.5) is 0 Å². The Bertz CT molecular complexity index is 868. The molecule has 2 aromatic rings. The van der Waals surface area contributed by atoms with Gasteiger partial charge in [-0.15, -0.1) is 0 Å². The normalized spacial score (nSPS) is 13.8. The number of carbonyl (C=O) groups excluding carboxylic acids is 1. The minimum atomic E-state index is -0.479. The van der Waals surface area contributed by atoms with Gasteiger partial charge in [-0.1, -0.05) is 26.0 Å². The van der Waals surface area contributed by atoms with E-state index in [2.05, 4.69) is 24.3 Å². The van der Waals surface area contributed by atoms with Gasteiger partial charge < -0.3 is 11.1 Å². The third-order valence-corrected chi connectivity index (χ3v) is 4.20. The fourth-order valence-corrected chi connectivity index (χ4v) is 3.10. The first-order valence-corrected chi connectivity index (χ1v) is 8.49. The zero-order chi connectivity index (χ0) is 18.6. The second-order valence-corrected chi connectivity index (χ2v) is 7.10. The van der Waals surface area contributed by atoms with E-state index >= 15 is 0 Å². The fraction of sp³-hybridized carbons (Fsp3) is 0.500. The molecule has 25 heavy (non-hydrogen) atoms. The van der Waals surface area contributed by atoms with Gasteiger partial charge in [-0.2, -0.15) is 0 Å². The molecular formula is C18H26N4O3. The second-order valence-electron chi connectivity index (χ2n) is 7.10. The van der Waals surface area contributed by atoms with Gasteiger partial charge in [0, 0.05) is 18.5 Å². The summed E-state index contributed by atoms with van der Waals surface area (Å²) in [7, 11) is 0. The SMILES string of the molecule is CC(C)CC(C)(CN)NC(=O)CCn1[nH]c(=O)c2ccccc2c1=O. The Hall–Kier alpha value is -2.41. The highest BCUT2D eigenvalue weighted by atomic mass is 16.2. The molecule has 0 aliphatic rings. The lowest BCUT2D eigenvalue weighted by Crippen LogP contribution is -2.52. The number of hydrogen-bond donors (Lipinski definition) is 3. The van der Waals surface area contributed by atoms with Crippen LogP contribution < -0.4 is 22.2 Å². The van der Waals surface area contributed by atoms with E-state index < -0.39 is 5.54 Å². The number of nitrogens with zero attached hydrogens (tertiary/aromatic N) is 1. The van der Waals surface area contributed by atoms with Crippen LogP contribution in [0.1, 0.15) is 33.6 Å². The summed E-state index contributed by atoms with van der Waals surface area (Å²) in [5.74, 6) is 0.197. The monoisotopic (exact) mass is 346 g/mol. The first-order valence-electron chi connectivity index (χ1n) is 8.49. The van der Waals surface area contributed by atoms with Crippen LogP contribution in [0, 0.1) is 5.92 Å². The molecule has 0 aliphatic heterocycles. The molecule has 1 unspecified atom stereocenters. The lowest BCUT2D eigenvalue weighted by Gasteiger charge is -2.31. The molecule has 136 valence electrons. The third kappa shape index (κ3) is 4.57. The number of aromatic amines is 1. The first-order chi connectivity index (χ1) is 11.8. The maximum atomic E-state index is 12.4. The number of fused-ring (bicyclic) bond motifs is 1. The van der Waals surface area contributed by atoms with Gasteiger partial charge in [0.05, 0.1) is 17.3 Å². The molecule has 2 rings (SSSR count). The molecule has 7 nitrogen and oxygen atoms in total. The molecule has 1 heterocycles. The van der Waals surface area contributed by atoms with Crippen molar-refractivity contribution in [3.8, 4) is 0 Å². The van der Waals surface area contributed by atoms with E-state index in [0.29, 0.717) is 23.2 Å². The Morgan fingerprint density at radius 2 is 1.92 bits per heavy atom. The minimum absolute atomic E-state index is 0.0852. The maximum absolute atomic E-state index is 12.4. The average molecular weight is 346 g/mol. The highest BCUT2D eigenvalue weighted by Gasteiger charge is 2.25. The average Bonchev–Trinajstić information content (AvgIpc) is 2.56. The summed E-state index contributed by atoms with van der Waals surface area (Å²) in [6.07, 6.45) is 0.851. The minimum Gasteiger partial charge on any atom is -0.350 e. The molecule has 0 saturated heterocycles. The van der Waals surface area contributed by atoms with E-state index in [1.54, 1.807) is 24.3 Å². The van der Waals surface area contributed by atoms with E-state index in [0.717, 1.165) is 6.42 Å². The van der Waals surface area contributed by atoms with Crippen molar-refractivity contribution in [2.45, 2.75) is 45.7 Å². The number of amides is 1. The van der Waals surface area contributed by atoms with Crippen molar-refractivity contribution in [1.29, 1.82) is 0 Å². The van der Waals surface area contributed by atoms with Crippen molar-refractivity contribution in [2.24, 2.45) is 11.7 Å². The predicted octanol–water partition coefficient (Wildman–Crippen LogP) is 0.960. The van der Waals surface area contributed by atoms with Crippen molar-refractivity contribution < 1.29 is 4.79 Å². The van der Waals surface area contributed by atoms with E-state index in [1.807, 2.05) is 6.92 Å². The summed E-state index contributed by atoms with van der Waals surface area (Å²) < 4.78 is 1.19. The summed E-state index contributed by atoms with van der Waals surface area (Å²) in [6.45, 7) is 6.49. The Kier molecular flexibility index (Phi) is 5.79. The summed E-state index contributed by atoms with van der Waals surface area (Å²) in [4.78, 5) is 36.7. The number of carbonyl (C=O) groups is 1. The quantitative estimate of drug-likeness (QED) is 0.693. The number of nitrogens with one attached hydrogen (secondary N) is 2. The number of aryl methyl sites for hydroxylation is 1. The fourth-order valence-electron chi connectivity index (χ4n) is 3.10. The van der Waals surface area contributed by atoms with Crippen LogP contribution >= 0.6 is 0 Å². The van der Waals surface area contributed by atoms with Gasteiger partial charge in [-0.25, -0.2) is 4.68 Å². The molecule has 0 radical (unpaired) electrons. The number of rotatable bonds is 7. The van der Waals surface area contributed by atoms with Crippen molar-refractivity contribution in [2.75, 3.05) is 6.54 Å². The lowest BCUT2D eigenvalue weighted by atomic mass is 9.90. The zero-order valence-electron chi connectivity index (χ0n) is 15.0. The van der Waals surface area contributed by atoms with E-state index in [9.17, 15) is 14.4 Å². The van der Waals surface area contributed by atoms with Crippen molar-refractivity contribution in [3.63, 3.8) is 0 Å². The molecule has 0 fully saturated rings. The third-order valence-electron chi connectivity index (χ3n) is 4.20. The molecule has 1 aromatic carbocycles. The number of aromatic nitrogens is 2. The molecule has 4 N–H and O–H groups in total. The topological polar surface area (TPSA) is 110 Å². The highest BCUT2D eigenvalue weighted by molar-refractivity contribution is 5.80. The van der Waals surface area contributed by atoms with Crippen LogP contribution in [-0.4, -0.2) is 27.8 Å². The van der Waals surface area contributed by atoms with Crippen LogP contribution in [0.2, 0.25) is 0 Å². The Balaban J connectivity index is 2.12. The molecule has 0 aliphatic carbocycles. The Morgan fingerprint density at radius 3 is 2.52 bits per heavy atom. The number of benzene rings is 1. The Labute approximate surface area is 146 Å². The second kappa shape index (κ2) is 7.65. The Morgan fingerprint density at radius 1 is 1.28 bits per heavy atom. The van der Waals surface area contributed by atoms with Crippen molar-refractivity contribution in [3.05, 3.63) is 45.0 Å². The molecule has 0 saturated carbocycles. The first kappa shape index (κ1) is 18.9. The van der Waals surface area contributed by atoms with Gasteiger partial charge in [0.15, 0.2) is 0 Å². The largest absolute Gasteiger partial charge is 0.350 e. The molecular weight excluding hydrogens is 320 g/mol. The number of hydrogen-bond acceptors (Lipinski definition) is 4. The highest BCUT2D eigenvalue weighted by Crippen LogP contribution is 2.15. The summed E-state index contributed by atoms with van der Waals surface area (Å²) >= 11 is 0. The van der Waals surface area contributed by atoms with Crippen LogP contribution in [-0.2, 0) is 11.3 Å². The van der Waals surface area contributed by atoms with Gasteiger partial charge in [0.25, 0.3) is 11.1 Å². The van der Waals surface area contributed by atoms with Gasteiger partial charge in [-0.05, 0) is 31.4 Å². The van der Waals surface area contributed by atoms with Crippen LogP contribution in [0.25, 0.3) is 10.8 Å². The van der Waals surface area contributed by atoms with Gasteiger partial charge in [-0.3, -0.25) is 19.5 Å². The van der Waals surface area contributed by atoms with E-state index in [1.165, 1.54) is 4.68 Å². The van der Waals surface area contributed by atoms with Crippen LogP contribution in [0.3, 0.4) is 0 Å². The molecule has 1 aromatic heterocycles. The molecule has 0 spiro atoms. The van der Waals surface area contributed by atoms with Gasteiger partial charge in [0.2, 0.25) is 5.91 Å². The zero-order valence-corrected chi connectivity index (χ0v) is 15.0. The van der Waals surface area contributed by atoms with Crippen molar-refractivity contribution >= 4 is 16.7 Å². The number of H-pyrrole nitrogens is 1. The smallest absolute Gasteiger partial charge is 0.273 e. The summed E-state index contributed by atoms with van der Waals surface area (Å²) in [6, 6.07) is 6.62.